The Hall–Kier alpha value is -1.02. The van der Waals surface area contributed by atoms with Gasteiger partial charge in [-0.2, -0.15) is 13.2 Å². The van der Waals surface area contributed by atoms with Crippen LogP contribution in [0.2, 0.25) is 0 Å². The summed E-state index contributed by atoms with van der Waals surface area (Å²) < 4.78 is 43.3. The molecule has 3 fully saturated rings. The fourth-order valence-corrected chi connectivity index (χ4v) is 5.13. The molecule has 5 nitrogen and oxygen atoms in total. The summed E-state index contributed by atoms with van der Waals surface area (Å²) in [7, 11) is 0. The lowest BCUT2D eigenvalue weighted by Crippen LogP contribution is -2.68. The summed E-state index contributed by atoms with van der Waals surface area (Å²) in [6.07, 6.45) is -0.0722. The molecule has 8 heteroatoms. The van der Waals surface area contributed by atoms with Crippen LogP contribution in [0.4, 0.5) is 13.2 Å². The van der Waals surface area contributed by atoms with Gasteiger partial charge < -0.3 is 15.4 Å². The van der Waals surface area contributed by atoms with Gasteiger partial charge in [-0.25, -0.2) is 0 Å². The van der Waals surface area contributed by atoms with Crippen molar-refractivity contribution < 1.29 is 17.9 Å². The molecule has 0 bridgehead atoms. The van der Waals surface area contributed by atoms with Gasteiger partial charge in [0.25, 0.3) is 0 Å². The fourth-order valence-electron chi connectivity index (χ4n) is 5.13. The first kappa shape index (κ1) is 21.7. The molecule has 0 amide bonds. The molecule has 2 saturated heterocycles. The highest BCUT2D eigenvalue weighted by atomic mass is 19.4. The maximum Gasteiger partial charge on any atom is 0.401 e. The van der Waals surface area contributed by atoms with Crippen LogP contribution in [0.5, 0.6) is 0 Å². The molecule has 3 aliphatic rings. The molecule has 0 radical (unpaired) electrons. The first-order valence-corrected chi connectivity index (χ1v) is 10.7. The van der Waals surface area contributed by atoms with Crippen LogP contribution in [0, 0.1) is 17.3 Å². The molecule has 162 valence electrons. The van der Waals surface area contributed by atoms with E-state index in [1.54, 1.807) is 0 Å². The minimum atomic E-state index is -4.10. The van der Waals surface area contributed by atoms with E-state index < -0.39 is 12.7 Å². The second-order valence-electron chi connectivity index (χ2n) is 9.07. The third-order valence-corrected chi connectivity index (χ3v) is 6.65. The summed E-state index contributed by atoms with van der Waals surface area (Å²) in [5.41, 5.74) is 0.0999. The van der Waals surface area contributed by atoms with E-state index in [1.807, 2.05) is 0 Å². The van der Waals surface area contributed by atoms with Crippen molar-refractivity contribution in [1.82, 2.24) is 15.5 Å². The summed E-state index contributed by atoms with van der Waals surface area (Å²) in [6, 6.07) is 0.364. The third kappa shape index (κ3) is 5.12. The molecular weight excluding hydrogens is 369 g/mol. The number of hydrogen-bond acceptors (Lipinski definition) is 3. The first-order valence-electron chi connectivity index (χ1n) is 10.7. The third-order valence-electron chi connectivity index (χ3n) is 6.65. The van der Waals surface area contributed by atoms with Crippen LogP contribution in [0.1, 0.15) is 46.5 Å². The molecule has 2 aliphatic heterocycles. The minimum absolute atomic E-state index is 0.0999. The second-order valence-corrected chi connectivity index (χ2v) is 9.07. The Morgan fingerprint density at radius 1 is 1.21 bits per heavy atom. The molecular formula is C20H35F3N4O. The van der Waals surface area contributed by atoms with Gasteiger partial charge >= 0.3 is 6.18 Å². The Kier molecular flexibility index (Phi) is 6.80. The second kappa shape index (κ2) is 8.78. The molecule has 0 aromatic rings. The highest BCUT2D eigenvalue weighted by Crippen LogP contribution is 2.52. The zero-order valence-corrected chi connectivity index (χ0v) is 17.3. The lowest BCUT2D eigenvalue weighted by Gasteiger charge is -2.54. The van der Waals surface area contributed by atoms with Crippen LogP contribution in [-0.2, 0) is 4.74 Å². The largest absolute Gasteiger partial charge is 0.401 e. The topological polar surface area (TPSA) is 48.9 Å². The van der Waals surface area contributed by atoms with Crippen LogP contribution < -0.4 is 10.6 Å². The zero-order valence-electron chi connectivity index (χ0n) is 17.3. The van der Waals surface area contributed by atoms with Crippen molar-refractivity contribution in [1.29, 1.82) is 0 Å². The van der Waals surface area contributed by atoms with E-state index in [4.69, 9.17) is 9.73 Å². The number of piperidine rings is 1. The van der Waals surface area contributed by atoms with Gasteiger partial charge in [0, 0.05) is 37.1 Å². The molecule has 1 aliphatic carbocycles. The van der Waals surface area contributed by atoms with Crippen molar-refractivity contribution in [2.75, 3.05) is 39.3 Å². The minimum Gasteiger partial charge on any atom is -0.377 e. The Balaban J connectivity index is 1.44. The Bertz CT molecular complexity index is 544. The number of guanidine groups is 1. The number of fused-ring (bicyclic) bond motifs is 1. The lowest BCUT2D eigenvalue weighted by molar-refractivity contribution is -0.148. The van der Waals surface area contributed by atoms with Crippen molar-refractivity contribution >= 4 is 5.96 Å². The number of hydrogen-bond donors (Lipinski definition) is 2. The summed E-state index contributed by atoms with van der Waals surface area (Å²) in [6.45, 7) is 9.19. The number of rotatable bonds is 6. The van der Waals surface area contributed by atoms with E-state index in [-0.39, 0.29) is 5.41 Å². The fraction of sp³-hybridized carbons (Fsp3) is 0.950. The van der Waals surface area contributed by atoms with Crippen molar-refractivity contribution in [3.8, 4) is 0 Å². The van der Waals surface area contributed by atoms with E-state index in [0.717, 1.165) is 44.8 Å². The Morgan fingerprint density at radius 3 is 2.57 bits per heavy atom. The summed E-state index contributed by atoms with van der Waals surface area (Å²) >= 11 is 0. The zero-order chi connectivity index (χ0) is 20.4. The lowest BCUT2D eigenvalue weighted by atomic mass is 9.57. The smallest absolute Gasteiger partial charge is 0.377 e. The van der Waals surface area contributed by atoms with Gasteiger partial charge in [-0.15, -0.1) is 0 Å². The molecule has 0 aromatic carbocycles. The summed E-state index contributed by atoms with van der Waals surface area (Å²) in [4.78, 5) is 6.27. The van der Waals surface area contributed by atoms with E-state index in [9.17, 15) is 13.2 Å². The van der Waals surface area contributed by atoms with E-state index in [2.05, 4.69) is 31.4 Å². The molecule has 0 spiro atoms. The first-order chi connectivity index (χ1) is 13.2. The van der Waals surface area contributed by atoms with E-state index >= 15 is 0 Å². The van der Waals surface area contributed by atoms with E-state index in [1.165, 1.54) is 4.90 Å². The number of halogens is 3. The number of alkyl halides is 3. The number of aliphatic imine (C=N–C) groups is 1. The maximum absolute atomic E-state index is 12.5. The SMILES string of the molecule is CCNC(=NCCC1CCN(CC(F)(F)F)CC1)NC1C2CCOC2C1(C)C. The van der Waals surface area contributed by atoms with Crippen molar-refractivity contribution in [2.45, 2.75) is 64.8 Å². The average Bonchev–Trinajstić information content (AvgIpc) is 3.07. The predicted molar refractivity (Wildman–Crippen MR) is 104 cm³/mol. The Labute approximate surface area is 166 Å². The molecule has 1 saturated carbocycles. The van der Waals surface area contributed by atoms with Crippen LogP contribution in [0.25, 0.3) is 0 Å². The van der Waals surface area contributed by atoms with Gasteiger partial charge in [-0.1, -0.05) is 13.8 Å². The molecule has 3 unspecified atom stereocenters. The van der Waals surface area contributed by atoms with Gasteiger partial charge in [0.1, 0.15) is 0 Å². The van der Waals surface area contributed by atoms with Crippen molar-refractivity contribution in [3.05, 3.63) is 0 Å². The predicted octanol–water partition coefficient (Wildman–Crippen LogP) is 3.02. The molecule has 2 heterocycles. The molecule has 3 atom stereocenters. The number of likely N-dealkylation sites (tertiary alicyclic amines) is 1. The van der Waals surface area contributed by atoms with Crippen molar-refractivity contribution in [2.24, 2.45) is 22.2 Å². The number of nitrogens with zero attached hydrogens (tertiary/aromatic N) is 2. The van der Waals surface area contributed by atoms with Gasteiger partial charge in [0.2, 0.25) is 0 Å². The molecule has 0 aromatic heterocycles. The monoisotopic (exact) mass is 404 g/mol. The number of ether oxygens (including phenoxy) is 1. The highest BCUT2D eigenvalue weighted by molar-refractivity contribution is 5.80. The quantitative estimate of drug-likeness (QED) is 0.528. The van der Waals surface area contributed by atoms with Gasteiger partial charge in [0.05, 0.1) is 12.6 Å². The van der Waals surface area contributed by atoms with Crippen LogP contribution in [0.3, 0.4) is 0 Å². The summed E-state index contributed by atoms with van der Waals surface area (Å²) in [5.74, 6) is 1.86. The van der Waals surface area contributed by atoms with Gasteiger partial charge in [0.15, 0.2) is 5.96 Å². The molecule has 28 heavy (non-hydrogen) atoms. The number of nitrogens with one attached hydrogen (secondary N) is 2. The average molecular weight is 405 g/mol. The van der Waals surface area contributed by atoms with Gasteiger partial charge in [-0.05, 0) is 51.6 Å². The summed E-state index contributed by atoms with van der Waals surface area (Å²) in [5, 5.41) is 6.95. The van der Waals surface area contributed by atoms with E-state index in [0.29, 0.717) is 43.6 Å². The van der Waals surface area contributed by atoms with Crippen LogP contribution >= 0.6 is 0 Å². The standard InChI is InChI=1S/C20H35F3N4O/c1-4-24-18(26-16-15-8-12-28-17(15)19(16,2)3)25-9-5-14-6-10-27(11-7-14)13-20(21,22)23/h14-17H,4-13H2,1-3H3,(H2,24,25,26). The van der Waals surface area contributed by atoms with Crippen LogP contribution in [-0.4, -0.2) is 68.5 Å². The molecule has 2 N–H and O–H groups in total. The maximum atomic E-state index is 12.5. The van der Waals surface area contributed by atoms with Gasteiger partial charge in [-0.3, -0.25) is 9.89 Å². The Morgan fingerprint density at radius 2 is 1.93 bits per heavy atom. The molecule has 3 rings (SSSR count). The van der Waals surface area contributed by atoms with Crippen LogP contribution in [0.15, 0.2) is 4.99 Å². The normalized spacial score (nSPS) is 31.4. The highest BCUT2D eigenvalue weighted by Gasteiger charge is 2.59. The van der Waals surface area contributed by atoms with Crippen molar-refractivity contribution in [3.63, 3.8) is 0 Å².